The van der Waals surface area contributed by atoms with E-state index in [0.29, 0.717) is 19.4 Å². The van der Waals surface area contributed by atoms with Gasteiger partial charge in [-0.2, -0.15) is 0 Å². The lowest BCUT2D eigenvalue weighted by molar-refractivity contribution is -0.121. The number of carbonyl (C=O) groups excluding carboxylic acids is 1. The van der Waals surface area contributed by atoms with Crippen molar-refractivity contribution in [2.75, 3.05) is 33.4 Å². The summed E-state index contributed by atoms with van der Waals surface area (Å²) in [5.74, 6) is 0.140. The van der Waals surface area contributed by atoms with E-state index in [9.17, 15) is 14.4 Å². The number of hydrogen-bond donors (Lipinski definition) is 2. The molecule has 1 aliphatic rings. The zero-order valence-corrected chi connectivity index (χ0v) is 33.3. The van der Waals surface area contributed by atoms with E-state index in [1.54, 1.807) is 6.21 Å². The fraction of sp³-hybridized carbons (Fsp3) is 0.811. The van der Waals surface area contributed by atoms with E-state index in [2.05, 4.69) is 31.9 Å². The van der Waals surface area contributed by atoms with Gasteiger partial charge in [0.2, 0.25) is 12.5 Å². The van der Waals surface area contributed by atoms with E-state index < -0.39 is 44.3 Å². The highest BCUT2D eigenvalue weighted by molar-refractivity contribution is 7.44. The van der Waals surface area contributed by atoms with Gasteiger partial charge < -0.3 is 33.5 Å². The lowest BCUT2D eigenvalue weighted by atomic mass is 10.1. The lowest BCUT2D eigenvalue weighted by Crippen LogP contribution is -2.42. The second-order valence-corrected chi connectivity index (χ2v) is 15.1. The average molecular weight is 753 g/mol. The Morgan fingerprint density at radius 2 is 1.73 bits per heavy atom. The monoisotopic (exact) mass is 752 g/mol. The summed E-state index contributed by atoms with van der Waals surface area (Å²) >= 11 is 0. The standard InChI is InChI=1S/C37H65N6O8P/c1-8-9-10-11-12-13-14-15-18-21-32(44)39-23-19-16-17-20-24-40-48-28-31-34(51-52(49-27-25-38-6)43(29(2)3)30(4)5)35(47-7)36(50-31)42-26-22-33(45)41-37(42)46/h22,24,26,29-31,34-36H,8-21,23,25,27-28H2,1-5,7H3,(H,39,44)(H,41,45,46)/b40-24+/t31-,34?,35+,36-,52?/m1/s1. The number of aromatic amines is 1. The number of oxime groups is 1. The van der Waals surface area contributed by atoms with Gasteiger partial charge in [-0.05, 0) is 53.4 Å². The van der Waals surface area contributed by atoms with Gasteiger partial charge in [-0.1, -0.05) is 69.9 Å². The normalized spacial score (nSPS) is 19.5. The number of aromatic nitrogens is 2. The first kappa shape index (κ1) is 45.5. The first-order valence-corrected chi connectivity index (χ1v) is 20.4. The summed E-state index contributed by atoms with van der Waals surface area (Å²) in [4.78, 5) is 48.0. The quantitative estimate of drug-likeness (QED) is 0.0299. The molecule has 2 heterocycles. The number of hydrogen-bond acceptors (Lipinski definition) is 10. The molecule has 0 spiro atoms. The van der Waals surface area contributed by atoms with Gasteiger partial charge >= 0.3 is 5.69 Å². The molecule has 1 aromatic rings. The Balaban J connectivity index is 1.87. The van der Waals surface area contributed by atoms with E-state index in [1.807, 2.05) is 27.7 Å². The summed E-state index contributed by atoms with van der Waals surface area (Å²) in [6.45, 7) is 18.7. The van der Waals surface area contributed by atoms with Gasteiger partial charge in [0.25, 0.3) is 14.1 Å². The van der Waals surface area contributed by atoms with Crippen molar-refractivity contribution >= 4 is 20.6 Å². The topological polar surface area (TPSA) is 150 Å². The van der Waals surface area contributed by atoms with Crippen molar-refractivity contribution in [1.29, 1.82) is 0 Å². The summed E-state index contributed by atoms with van der Waals surface area (Å²) in [7, 11) is -0.162. The second kappa shape index (κ2) is 27.0. The van der Waals surface area contributed by atoms with Crippen molar-refractivity contribution < 1.29 is 28.2 Å². The maximum absolute atomic E-state index is 12.7. The molecule has 52 heavy (non-hydrogen) atoms. The van der Waals surface area contributed by atoms with E-state index in [1.165, 1.54) is 68.9 Å². The first-order chi connectivity index (χ1) is 25.1. The van der Waals surface area contributed by atoms with Crippen molar-refractivity contribution in [3.8, 4) is 0 Å². The fourth-order valence-electron chi connectivity index (χ4n) is 6.14. The maximum atomic E-state index is 12.7. The fourth-order valence-corrected chi connectivity index (χ4v) is 7.90. The zero-order valence-electron chi connectivity index (χ0n) is 32.4. The molecule has 1 fully saturated rings. The molecule has 1 aliphatic heterocycles. The molecule has 1 amide bonds. The van der Waals surface area contributed by atoms with Crippen LogP contribution in [0.1, 0.15) is 131 Å². The zero-order chi connectivity index (χ0) is 38.1. The Kier molecular flexibility index (Phi) is 23.6. The predicted octanol–water partition coefficient (Wildman–Crippen LogP) is 6.72. The molecule has 15 heteroatoms. The Bertz CT molecular complexity index is 1290. The molecule has 0 radical (unpaired) electrons. The number of ether oxygens (including phenoxy) is 2. The number of unbranched alkanes of at least 4 members (excludes halogenated alkanes) is 11. The van der Waals surface area contributed by atoms with Gasteiger partial charge in [0.05, 0.1) is 0 Å². The number of methoxy groups -OCH3 is 1. The minimum atomic E-state index is -1.67. The highest BCUT2D eigenvalue weighted by atomic mass is 31.2. The summed E-state index contributed by atoms with van der Waals surface area (Å²) in [6.07, 6.45) is 15.2. The molecule has 2 N–H and O–H groups in total. The van der Waals surface area contributed by atoms with Gasteiger partial charge in [0.15, 0.2) is 6.23 Å². The van der Waals surface area contributed by atoms with Gasteiger partial charge in [-0.25, -0.2) is 16.0 Å². The minimum absolute atomic E-state index is 0.00913. The predicted molar refractivity (Wildman–Crippen MR) is 205 cm³/mol. The van der Waals surface area contributed by atoms with Crippen LogP contribution >= 0.6 is 8.53 Å². The highest BCUT2D eigenvalue weighted by Gasteiger charge is 2.50. The molecule has 296 valence electrons. The molecular formula is C37H65N6O8P. The van der Waals surface area contributed by atoms with E-state index in [0.717, 1.165) is 32.1 Å². The van der Waals surface area contributed by atoms with Crippen LogP contribution in [0.3, 0.4) is 0 Å². The smallest absolute Gasteiger partial charge is 0.330 e. The molecule has 0 aromatic carbocycles. The van der Waals surface area contributed by atoms with Crippen LogP contribution in [0.25, 0.3) is 4.85 Å². The van der Waals surface area contributed by atoms with Crippen molar-refractivity contribution in [1.82, 2.24) is 19.5 Å². The van der Waals surface area contributed by atoms with Crippen molar-refractivity contribution in [3.63, 3.8) is 0 Å². The third kappa shape index (κ3) is 17.0. The Hall–Kier alpha value is -2.66. The van der Waals surface area contributed by atoms with Gasteiger partial charge in [0, 0.05) is 50.6 Å². The van der Waals surface area contributed by atoms with Crippen molar-refractivity contribution in [2.45, 2.75) is 161 Å². The van der Waals surface area contributed by atoms with Crippen LogP contribution in [0, 0.1) is 6.57 Å². The van der Waals surface area contributed by atoms with Gasteiger partial charge in [0.1, 0.15) is 31.5 Å². The molecule has 5 atom stereocenters. The summed E-state index contributed by atoms with van der Waals surface area (Å²) in [6, 6.07) is 1.38. The molecule has 0 saturated carbocycles. The number of nitrogens with zero attached hydrogens (tertiary/aromatic N) is 4. The number of nitrogens with one attached hydrogen (secondary N) is 2. The lowest BCUT2D eigenvalue weighted by Gasteiger charge is -2.37. The SMILES string of the molecule is [C-]#[N+]CCOP(OC1[C@@H](CO/N=C/CCCCCNC(=O)CCCCCCCCCCC)O[C@@H](n2ccc(=O)[nH]c2=O)[C@H]1OC)N(C(C)C)C(C)C. The van der Waals surface area contributed by atoms with E-state index >= 15 is 0 Å². The number of rotatable bonds is 29. The number of amides is 1. The van der Waals surface area contributed by atoms with Gasteiger partial charge in [-0.3, -0.25) is 19.1 Å². The number of H-pyrrole nitrogens is 1. The van der Waals surface area contributed by atoms with Crippen LogP contribution in [0.2, 0.25) is 0 Å². The van der Waals surface area contributed by atoms with Crippen LogP contribution < -0.4 is 16.6 Å². The third-order valence-electron chi connectivity index (χ3n) is 8.77. The number of carbonyl (C=O) groups is 1. The first-order valence-electron chi connectivity index (χ1n) is 19.3. The maximum Gasteiger partial charge on any atom is 0.330 e. The molecular weight excluding hydrogens is 687 g/mol. The van der Waals surface area contributed by atoms with Crippen molar-refractivity contribution in [3.05, 3.63) is 44.5 Å². The third-order valence-corrected chi connectivity index (χ3v) is 10.9. The summed E-state index contributed by atoms with van der Waals surface area (Å²) in [5.41, 5.74) is -1.16. The van der Waals surface area contributed by atoms with Crippen LogP contribution in [0.15, 0.2) is 27.0 Å². The largest absolute Gasteiger partial charge is 0.393 e. The molecule has 2 rings (SSSR count). The summed E-state index contributed by atoms with van der Waals surface area (Å²) < 4.78 is 28.3. The van der Waals surface area contributed by atoms with Crippen molar-refractivity contribution in [2.24, 2.45) is 5.16 Å². The summed E-state index contributed by atoms with van der Waals surface area (Å²) in [5, 5.41) is 7.18. The molecule has 0 bridgehead atoms. The molecule has 14 nitrogen and oxygen atoms in total. The van der Waals surface area contributed by atoms with Crippen LogP contribution in [0.5, 0.6) is 0 Å². The highest BCUT2D eigenvalue weighted by Crippen LogP contribution is 2.50. The second-order valence-electron chi connectivity index (χ2n) is 13.7. The molecule has 0 aliphatic carbocycles. The van der Waals surface area contributed by atoms with Crippen LogP contribution in [0.4, 0.5) is 0 Å². The van der Waals surface area contributed by atoms with E-state index in [4.69, 9.17) is 29.9 Å². The van der Waals surface area contributed by atoms with Crippen LogP contribution in [-0.2, 0) is 28.2 Å². The van der Waals surface area contributed by atoms with Gasteiger partial charge in [-0.15, -0.1) is 0 Å². The molecule has 2 unspecified atom stereocenters. The average Bonchev–Trinajstić information content (AvgIpc) is 3.44. The Morgan fingerprint density at radius 1 is 1.06 bits per heavy atom. The van der Waals surface area contributed by atoms with E-state index in [-0.39, 0.29) is 37.7 Å². The Labute approximate surface area is 312 Å². The molecule has 1 aromatic heterocycles. The molecule has 1 saturated heterocycles. The Morgan fingerprint density at radius 3 is 2.37 bits per heavy atom. The van der Waals surface area contributed by atoms with Crippen LogP contribution in [-0.4, -0.2) is 90.2 Å². The minimum Gasteiger partial charge on any atom is -0.393 e.